The highest BCUT2D eigenvalue weighted by Gasteiger charge is 2.20. The molecule has 3 rings (SSSR count). The van der Waals surface area contributed by atoms with Gasteiger partial charge in [0.05, 0.1) is 28.4 Å². The number of nitrogens with one attached hydrogen (secondary N) is 1. The van der Waals surface area contributed by atoms with Crippen molar-refractivity contribution in [2.45, 2.75) is 0 Å². The summed E-state index contributed by atoms with van der Waals surface area (Å²) in [5.74, 6) is 2.15. The van der Waals surface area contributed by atoms with Crippen LogP contribution in [0.5, 0.6) is 23.0 Å². The number of carbonyl (C=O) groups excluding carboxylic acids is 1. The number of ketones is 1. The Bertz CT molecular complexity index is 918. The maximum atomic E-state index is 13.0. The van der Waals surface area contributed by atoms with E-state index in [4.69, 9.17) is 18.9 Å². The van der Waals surface area contributed by atoms with Gasteiger partial charge in [0.1, 0.15) is 5.75 Å². The molecule has 0 radical (unpaired) electrons. The van der Waals surface area contributed by atoms with E-state index in [1.807, 2.05) is 12.1 Å². The lowest BCUT2D eigenvalue weighted by atomic mass is 9.97. The molecule has 1 N–H and O–H groups in total. The van der Waals surface area contributed by atoms with E-state index in [2.05, 4.69) is 4.98 Å². The zero-order valence-corrected chi connectivity index (χ0v) is 15.7. The van der Waals surface area contributed by atoms with Crippen molar-refractivity contribution in [3.8, 4) is 34.1 Å². The van der Waals surface area contributed by atoms with Gasteiger partial charge in [0, 0.05) is 29.1 Å². The molecule has 0 unspecified atom stereocenters. The van der Waals surface area contributed by atoms with Gasteiger partial charge < -0.3 is 23.9 Å². The molecule has 0 aliphatic rings. The van der Waals surface area contributed by atoms with Gasteiger partial charge in [-0.1, -0.05) is 0 Å². The first-order valence-corrected chi connectivity index (χ1v) is 8.28. The van der Waals surface area contributed by atoms with E-state index in [-0.39, 0.29) is 5.78 Å². The van der Waals surface area contributed by atoms with E-state index in [1.165, 1.54) is 0 Å². The van der Waals surface area contributed by atoms with Gasteiger partial charge in [0.25, 0.3) is 0 Å². The van der Waals surface area contributed by atoms with Crippen LogP contribution >= 0.6 is 0 Å². The fourth-order valence-electron chi connectivity index (χ4n) is 2.93. The molecule has 0 aliphatic carbocycles. The summed E-state index contributed by atoms with van der Waals surface area (Å²) < 4.78 is 21.3. The molecule has 2 aromatic carbocycles. The maximum Gasteiger partial charge on any atom is 0.203 e. The average Bonchev–Trinajstić information content (AvgIpc) is 3.21. The monoisotopic (exact) mass is 367 g/mol. The molecule has 0 fully saturated rings. The Hall–Kier alpha value is -3.41. The minimum Gasteiger partial charge on any atom is -0.497 e. The van der Waals surface area contributed by atoms with Crippen molar-refractivity contribution in [3.05, 3.63) is 59.9 Å². The first-order valence-electron chi connectivity index (χ1n) is 8.28. The summed E-state index contributed by atoms with van der Waals surface area (Å²) in [5.41, 5.74) is 2.65. The van der Waals surface area contributed by atoms with Crippen LogP contribution in [0.4, 0.5) is 0 Å². The Morgan fingerprint density at radius 3 is 1.96 bits per heavy atom. The number of aromatic nitrogens is 1. The molecule has 6 nitrogen and oxygen atoms in total. The minimum absolute atomic E-state index is 0.0948. The fraction of sp³-hybridized carbons (Fsp3) is 0.190. The Morgan fingerprint density at radius 2 is 1.44 bits per heavy atom. The van der Waals surface area contributed by atoms with Gasteiger partial charge in [0.15, 0.2) is 17.3 Å². The lowest BCUT2D eigenvalue weighted by molar-refractivity contribution is 0.103. The quantitative estimate of drug-likeness (QED) is 0.641. The van der Waals surface area contributed by atoms with Crippen LogP contribution in [-0.2, 0) is 0 Å². The number of rotatable bonds is 7. The molecule has 0 atom stereocenters. The van der Waals surface area contributed by atoms with Gasteiger partial charge in [-0.15, -0.1) is 0 Å². The van der Waals surface area contributed by atoms with Gasteiger partial charge >= 0.3 is 0 Å². The second-order valence-corrected chi connectivity index (χ2v) is 5.75. The van der Waals surface area contributed by atoms with E-state index in [1.54, 1.807) is 65.1 Å². The van der Waals surface area contributed by atoms with Crippen molar-refractivity contribution >= 4 is 5.78 Å². The molecule has 0 amide bonds. The number of ether oxygens (including phenoxy) is 4. The molecule has 1 aromatic heterocycles. The van der Waals surface area contributed by atoms with Gasteiger partial charge in [0.2, 0.25) is 5.75 Å². The molecule has 6 heteroatoms. The number of carbonyl (C=O) groups is 1. The van der Waals surface area contributed by atoms with Crippen LogP contribution in [0.1, 0.15) is 15.9 Å². The highest BCUT2D eigenvalue weighted by molar-refractivity contribution is 6.13. The topological polar surface area (TPSA) is 69.8 Å². The standard InChI is InChI=1S/C21H21NO5/c1-24-15-7-5-13(6-8-15)20(23)17-12-22-11-16(17)14-9-18(25-2)21(27-4)19(10-14)26-3/h5-12,22H,1-4H3. The largest absolute Gasteiger partial charge is 0.497 e. The van der Waals surface area contributed by atoms with E-state index in [9.17, 15) is 4.79 Å². The third-order valence-electron chi connectivity index (χ3n) is 4.32. The number of H-pyrrole nitrogens is 1. The summed E-state index contributed by atoms with van der Waals surface area (Å²) in [6.45, 7) is 0. The van der Waals surface area contributed by atoms with Crippen LogP contribution in [0, 0.1) is 0 Å². The normalized spacial score (nSPS) is 10.4. The summed E-state index contributed by atoms with van der Waals surface area (Å²) in [6, 6.07) is 10.6. The first kappa shape index (κ1) is 18.4. The van der Waals surface area contributed by atoms with Gasteiger partial charge in [-0.3, -0.25) is 4.79 Å². The second-order valence-electron chi connectivity index (χ2n) is 5.75. The van der Waals surface area contributed by atoms with Gasteiger partial charge in [-0.05, 0) is 42.0 Å². The van der Waals surface area contributed by atoms with Crippen LogP contribution < -0.4 is 18.9 Å². The Balaban J connectivity index is 2.05. The molecule has 0 saturated carbocycles. The summed E-state index contributed by atoms with van der Waals surface area (Å²) in [4.78, 5) is 16.0. The van der Waals surface area contributed by atoms with Crippen molar-refractivity contribution in [2.24, 2.45) is 0 Å². The summed E-state index contributed by atoms with van der Waals surface area (Å²) >= 11 is 0. The molecule has 27 heavy (non-hydrogen) atoms. The number of hydrogen-bond acceptors (Lipinski definition) is 5. The zero-order valence-electron chi connectivity index (χ0n) is 15.7. The van der Waals surface area contributed by atoms with Gasteiger partial charge in [-0.25, -0.2) is 0 Å². The van der Waals surface area contributed by atoms with Crippen LogP contribution in [0.25, 0.3) is 11.1 Å². The first-order chi connectivity index (χ1) is 13.1. The van der Waals surface area contributed by atoms with Crippen molar-refractivity contribution < 1.29 is 23.7 Å². The summed E-state index contributed by atoms with van der Waals surface area (Å²) in [7, 11) is 6.25. The van der Waals surface area contributed by atoms with Crippen LogP contribution in [-0.4, -0.2) is 39.2 Å². The van der Waals surface area contributed by atoms with Crippen molar-refractivity contribution in [1.29, 1.82) is 0 Å². The van der Waals surface area contributed by atoms with Crippen molar-refractivity contribution in [3.63, 3.8) is 0 Å². The molecule has 140 valence electrons. The number of hydrogen-bond donors (Lipinski definition) is 1. The summed E-state index contributed by atoms with van der Waals surface area (Å²) in [5, 5.41) is 0. The highest BCUT2D eigenvalue weighted by atomic mass is 16.5. The number of aromatic amines is 1. The third-order valence-corrected chi connectivity index (χ3v) is 4.32. The van der Waals surface area contributed by atoms with Gasteiger partial charge in [-0.2, -0.15) is 0 Å². The Morgan fingerprint density at radius 1 is 0.815 bits per heavy atom. The second kappa shape index (κ2) is 7.86. The SMILES string of the molecule is COc1ccc(C(=O)c2c[nH]cc2-c2cc(OC)c(OC)c(OC)c2)cc1. The smallest absolute Gasteiger partial charge is 0.203 e. The zero-order chi connectivity index (χ0) is 19.4. The highest BCUT2D eigenvalue weighted by Crippen LogP contribution is 2.42. The lowest BCUT2D eigenvalue weighted by Gasteiger charge is -2.14. The molecule has 0 bridgehead atoms. The van der Waals surface area contributed by atoms with E-state index in [0.717, 1.165) is 11.1 Å². The third kappa shape index (κ3) is 3.46. The number of methoxy groups -OCH3 is 4. The summed E-state index contributed by atoms with van der Waals surface area (Å²) in [6.07, 6.45) is 3.46. The van der Waals surface area contributed by atoms with E-state index >= 15 is 0 Å². The predicted octanol–water partition coefficient (Wildman–Crippen LogP) is 3.95. The lowest BCUT2D eigenvalue weighted by Crippen LogP contribution is -2.02. The minimum atomic E-state index is -0.0948. The predicted molar refractivity (Wildman–Crippen MR) is 102 cm³/mol. The maximum absolute atomic E-state index is 13.0. The van der Waals surface area contributed by atoms with Crippen LogP contribution in [0.3, 0.4) is 0 Å². The van der Waals surface area contributed by atoms with Crippen LogP contribution in [0.2, 0.25) is 0 Å². The molecule has 0 saturated heterocycles. The fourth-order valence-corrected chi connectivity index (χ4v) is 2.93. The molecular weight excluding hydrogens is 346 g/mol. The molecule has 3 aromatic rings. The van der Waals surface area contributed by atoms with E-state index < -0.39 is 0 Å². The Labute approximate surface area is 157 Å². The van der Waals surface area contributed by atoms with Crippen molar-refractivity contribution in [1.82, 2.24) is 4.98 Å². The van der Waals surface area contributed by atoms with Crippen LogP contribution in [0.15, 0.2) is 48.8 Å². The Kier molecular flexibility index (Phi) is 5.35. The molecule has 0 spiro atoms. The number of benzene rings is 2. The van der Waals surface area contributed by atoms with Crippen molar-refractivity contribution in [2.75, 3.05) is 28.4 Å². The molecular formula is C21H21NO5. The molecule has 0 aliphatic heterocycles. The molecule has 1 heterocycles. The average molecular weight is 367 g/mol. The van der Waals surface area contributed by atoms with E-state index in [0.29, 0.717) is 34.1 Å².